The van der Waals surface area contributed by atoms with Gasteiger partial charge in [-0.3, -0.25) is 9.69 Å². The van der Waals surface area contributed by atoms with E-state index < -0.39 is 13.0 Å². The maximum absolute atomic E-state index is 12.2. The van der Waals surface area contributed by atoms with Crippen molar-refractivity contribution in [3.8, 4) is 5.75 Å². The van der Waals surface area contributed by atoms with Gasteiger partial charge in [-0.2, -0.15) is 0 Å². The van der Waals surface area contributed by atoms with E-state index in [-0.39, 0.29) is 23.8 Å². The fourth-order valence-electron chi connectivity index (χ4n) is 3.41. The van der Waals surface area contributed by atoms with Crippen molar-refractivity contribution in [3.63, 3.8) is 0 Å². The smallest absolute Gasteiger partial charge is 0.255 e. The van der Waals surface area contributed by atoms with Gasteiger partial charge in [0.25, 0.3) is 6.43 Å². The number of likely N-dealkylation sites (tertiary alicyclic amines) is 1. The van der Waals surface area contributed by atoms with E-state index in [2.05, 4.69) is 10.2 Å². The Morgan fingerprint density at radius 3 is 3.00 bits per heavy atom. The lowest BCUT2D eigenvalue weighted by Gasteiger charge is -2.32. The molecule has 2 aliphatic heterocycles. The van der Waals surface area contributed by atoms with E-state index in [1.165, 1.54) is 0 Å². The third-order valence-electron chi connectivity index (χ3n) is 4.32. The molecule has 0 aromatic heterocycles. The molecule has 1 amide bonds. The molecule has 4 nitrogen and oxygen atoms in total. The summed E-state index contributed by atoms with van der Waals surface area (Å²) in [5.41, 5.74) is 1.07. The fraction of sp³-hybridized carbons (Fsp3) is 0.533. The van der Waals surface area contributed by atoms with E-state index in [0.717, 1.165) is 11.3 Å². The molecule has 3 rings (SSSR count). The van der Waals surface area contributed by atoms with Crippen LogP contribution in [0, 0.1) is 11.8 Å². The number of nitrogens with one attached hydrogen (secondary N) is 1. The molecule has 1 aromatic carbocycles. The van der Waals surface area contributed by atoms with Crippen LogP contribution in [0.1, 0.15) is 11.6 Å². The first-order chi connectivity index (χ1) is 10.1. The third-order valence-corrected chi connectivity index (χ3v) is 4.32. The van der Waals surface area contributed by atoms with Gasteiger partial charge in [0.2, 0.25) is 5.91 Å². The molecular formula is C15H18F2N2O2. The second kappa shape index (κ2) is 5.60. The van der Waals surface area contributed by atoms with E-state index in [1.807, 2.05) is 31.3 Å². The maximum Gasteiger partial charge on any atom is 0.255 e. The number of para-hydroxylation sites is 1. The summed E-state index contributed by atoms with van der Waals surface area (Å²) in [5, 5.41) is 2.33. The molecule has 0 aliphatic carbocycles. The number of fused-ring (bicyclic) bond motifs is 3. The monoisotopic (exact) mass is 296 g/mol. The predicted molar refractivity (Wildman–Crippen MR) is 73.3 cm³/mol. The molecule has 1 aromatic rings. The van der Waals surface area contributed by atoms with Crippen molar-refractivity contribution in [3.05, 3.63) is 29.8 Å². The van der Waals surface area contributed by atoms with E-state index >= 15 is 0 Å². The van der Waals surface area contributed by atoms with Crippen LogP contribution < -0.4 is 10.1 Å². The highest BCUT2D eigenvalue weighted by Crippen LogP contribution is 2.46. The molecular weight excluding hydrogens is 278 g/mol. The number of nitrogens with zero attached hydrogens (tertiary/aromatic N) is 1. The number of carbonyl (C=O) groups excluding carboxylic acids is 1. The van der Waals surface area contributed by atoms with Gasteiger partial charge in [-0.1, -0.05) is 18.2 Å². The SMILES string of the molecule is CN1C[C@@H](C(=O)NCC(F)F)[C@@H]2COc3ccccc3[C@@H]21. The largest absolute Gasteiger partial charge is 0.493 e. The van der Waals surface area contributed by atoms with Crippen molar-refractivity contribution >= 4 is 5.91 Å². The highest BCUT2D eigenvalue weighted by atomic mass is 19.3. The highest BCUT2D eigenvalue weighted by molar-refractivity contribution is 5.80. The number of halogens is 2. The summed E-state index contributed by atoms with van der Waals surface area (Å²) in [5.74, 6) is 0.228. The van der Waals surface area contributed by atoms with Crippen molar-refractivity contribution in [1.82, 2.24) is 10.2 Å². The van der Waals surface area contributed by atoms with Crippen LogP contribution in [-0.2, 0) is 4.79 Å². The van der Waals surface area contributed by atoms with Crippen molar-refractivity contribution in [2.75, 3.05) is 26.7 Å². The molecule has 1 fully saturated rings. The van der Waals surface area contributed by atoms with Gasteiger partial charge in [0.1, 0.15) is 5.75 Å². The van der Waals surface area contributed by atoms with Crippen LogP contribution in [0.3, 0.4) is 0 Å². The number of benzene rings is 1. The lowest BCUT2D eigenvalue weighted by Crippen LogP contribution is -2.39. The third kappa shape index (κ3) is 2.60. The average Bonchev–Trinajstić information content (AvgIpc) is 2.82. The van der Waals surface area contributed by atoms with Crippen LogP contribution >= 0.6 is 0 Å². The van der Waals surface area contributed by atoms with Crippen molar-refractivity contribution < 1.29 is 18.3 Å². The molecule has 1 saturated heterocycles. The van der Waals surface area contributed by atoms with Gasteiger partial charge in [0, 0.05) is 24.1 Å². The number of hydrogen-bond acceptors (Lipinski definition) is 3. The summed E-state index contributed by atoms with van der Waals surface area (Å²) < 4.78 is 30.2. The summed E-state index contributed by atoms with van der Waals surface area (Å²) in [6, 6.07) is 7.90. The maximum atomic E-state index is 12.2. The molecule has 2 heterocycles. The molecule has 0 saturated carbocycles. The summed E-state index contributed by atoms with van der Waals surface area (Å²) in [6.07, 6.45) is -2.52. The highest BCUT2D eigenvalue weighted by Gasteiger charge is 2.47. The quantitative estimate of drug-likeness (QED) is 0.923. The number of ether oxygens (including phenoxy) is 1. The molecule has 21 heavy (non-hydrogen) atoms. The minimum absolute atomic E-state index is 0.00238. The number of hydrogen-bond donors (Lipinski definition) is 1. The molecule has 2 aliphatic rings. The van der Waals surface area contributed by atoms with Gasteiger partial charge in [0.05, 0.1) is 19.1 Å². The van der Waals surface area contributed by atoms with Crippen molar-refractivity contribution in [1.29, 1.82) is 0 Å². The van der Waals surface area contributed by atoms with Crippen LogP contribution in [0.25, 0.3) is 0 Å². The first-order valence-corrected chi connectivity index (χ1v) is 7.05. The van der Waals surface area contributed by atoms with E-state index in [4.69, 9.17) is 4.74 Å². The zero-order valence-electron chi connectivity index (χ0n) is 11.8. The minimum Gasteiger partial charge on any atom is -0.493 e. The number of rotatable bonds is 3. The van der Waals surface area contributed by atoms with Gasteiger partial charge in [-0.05, 0) is 13.1 Å². The first-order valence-electron chi connectivity index (χ1n) is 7.05. The van der Waals surface area contributed by atoms with Gasteiger partial charge in [0.15, 0.2) is 0 Å². The number of amides is 1. The zero-order valence-corrected chi connectivity index (χ0v) is 11.8. The van der Waals surface area contributed by atoms with Crippen LogP contribution in [-0.4, -0.2) is 44.0 Å². The van der Waals surface area contributed by atoms with Crippen LogP contribution in [0.15, 0.2) is 24.3 Å². The van der Waals surface area contributed by atoms with Gasteiger partial charge >= 0.3 is 0 Å². The summed E-state index contributed by atoms with van der Waals surface area (Å²) in [6.45, 7) is 0.411. The normalized spacial score (nSPS) is 27.9. The fourth-order valence-corrected chi connectivity index (χ4v) is 3.41. The molecule has 0 radical (unpaired) electrons. The Labute approximate surface area is 122 Å². The Morgan fingerprint density at radius 2 is 2.24 bits per heavy atom. The molecule has 0 unspecified atom stereocenters. The van der Waals surface area contributed by atoms with E-state index in [0.29, 0.717) is 13.2 Å². The molecule has 114 valence electrons. The van der Waals surface area contributed by atoms with Crippen molar-refractivity contribution in [2.45, 2.75) is 12.5 Å². The minimum atomic E-state index is -2.52. The molecule has 6 heteroatoms. The molecule has 0 bridgehead atoms. The molecule has 3 atom stereocenters. The Bertz CT molecular complexity index is 538. The average molecular weight is 296 g/mol. The van der Waals surface area contributed by atoms with Gasteiger partial charge in [-0.25, -0.2) is 8.78 Å². The van der Waals surface area contributed by atoms with E-state index in [9.17, 15) is 13.6 Å². The number of alkyl halides is 2. The zero-order chi connectivity index (χ0) is 15.0. The lowest BCUT2D eigenvalue weighted by molar-refractivity contribution is -0.126. The molecule has 0 spiro atoms. The Morgan fingerprint density at radius 1 is 1.48 bits per heavy atom. The van der Waals surface area contributed by atoms with Crippen LogP contribution in [0.5, 0.6) is 5.75 Å². The first kappa shape index (κ1) is 14.3. The summed E-state index contributed by atoms with van der Waals surface area (Å²) >= 11 is 0. The predicted octanol–water partition coefficient (Wildman–Crippen LogP) is 1.68. The van der Waals surface area contributed by atoms with Gasteiger partial charge < -0.3 is 10.1 Å². The second-order valence-corrected chi connectivity index (χ2v) is 5.64. The topological polar surface area (TPSA) is 41.6 Å². The number of carbonyl (C=O) groups is 1. The lowest BCUT2D eigenvalue weighted by atomic mass is 9.85. The van der Waals surface area contributed by atoms with Crippen LogP contribution in [0.4, 0.5) is 8.78 Å². The Hall–Kier alpha value is -1.69. The molecule has 1 N–H and O–H groups in total. The van der Waals surface area contributed by atoms with Gasteiger partial charge in [-0.15, -0.1) is 0 Å². The summed E-state index contributed by atoms with van der Waals surface area (Å²) in [4.78, 5) is 14.2. The second-order valence-electron chi connectivity index (χ2n) is 5.64. The standard InChI is InChI=1S/C15H18F2N2O2/c1-19-7-10(15(20)18-6-13(16)17)11-8-21-12-5-3-2-4-9(12)14(11)19/h2-5,10-11,13-14H,6-8H2,1H3,(H,18,20)/t10-,11+,14+/m1/s1. The van der Waals surface area contributed by atoms with Crippen molar-refractivity contribution in [2.24, 2.45) is 11.8 Å². The summed E-state index contributed by atoms with van der Waals surface area (Å²) in [7, 11) is 1.96. The van der Waals surface area contributed by atoms with Crippen LogP contribution in [0.2, 0.25) is 0 Å². The Kier molecular flexibility index (Phi) is 3.80. The Balaban J connectivity index is 1.79. The van der Waals surface area contributed by atoms with E-state index in [1.54, 1.807) is 0 Å².